The third-order valence-corrected chi connectivity index (χ3v) is 10.3. The van der Waals surface area contributed by atoms with Crippen LogP contribution in [0.25, 0.3) is 11.1 Å². The highest BCUT2D eigenvalue weighted by molar-refractivity contribution is 7.98. The maximum absolute atomic E-state index is 13.8. The van der Waals surface area contributed by atoms with Gasteiger partial charge in [-0.05, 0) is 105 Å². The molecule has 0 fully saturated rings. The standard InChI is InChI=1S/C42H58N4OS/c1-9-43(10-2)35-24-20-33(21-25-35)42(34-22-26-36(27-23-34)44(11-3)12-4)39-28-29-40(38-18-15-14-17-37(38)39)45(13-5)41(47)19-16-30-46(6,7)31-32-48-8/h14-15,17-18,20-29H,9-13,16,19,30-32H2,1-8H3/q+2. The van der Waals surface area contributed by atoms with Gasteiger partial charge in [0.2, 0.25) is 5.71 Å². The largest absolute Gasteiger partial charge is 0.387 e. The molecule has 3 aromatic carbocycles. The summed E-state index contributed by atoms with van der Waals surface area (Å²) < 4.78 is 2.94. The Labute approximate surface area is 295 Å². The Hall–Kier alpha value is -3.61. The van der Waals surface area contributed by atoms with Gasteiger partial charge >= 0.3 is 5.91 Å². The second-order valence-electron chi connectivity index (χ2n) is 13.1. The van der Waals surface area contributed by atoms with Gasteiger partial charge in [0.15, 0.2) is 0 Å². The van der Waals surface area contributed by atoms with Crippen LogP contribution in [0.5, 0.6) is 0 Å². The molecule has 1 aliphatic rings. The summed E-state index contributed by atoms with van der Waals surface area (Å²) in [4.78, 5) is 18.5. The third kappa shape index (κ3) is 8.89. The highest BCUT2D eigenvalue weighted by Crippen LogP contribution is 2.38. The molecule has 0 N–H and O–H groups in total. The molecule has 0 saturated carbocycles. The molecule has 0 spiro atoms. The van der Waals surface area contributed by atoms with Crippen LogP contribution in [0.3, 0.4) is 0 Å². The summed E-state index contributed by atoms with van der Waals surface area (Å²) in [6.07, 6.45) is 8.01. The van der Waals surface area contributed by atoms with Crippen molar-refractivity contribution in [3.05, 3.63) is 107 Å². The van der Waals surface area contributed by atoms with Gasteiger partial charge in [-0.25, -0.2) is 4.79 Å². The molecule has 0 bridgehead atoms. The first-order chi connectivity index (χ1) is 23.2. The minimum Gasteiger partial charge on any atom is -0.372 e. The van der Waals surface area contributed by atoms with Crippen molar-refractivity contribution in [1.29, 1.82) is 0 Å². The minimum atomic E-state index is 0.198. The number of carbonyl (C=O) groups is 1. The third-order valence-electron chi connectivity index (χ3n) is 9.70. The van der Waals surface area contributed by atoms with E-state index in [1.54, 1.807) is 0 Å². The summed E-state index contributed by atoms with van der Waals surface area (Å²) in [5, 5.41) is 0. The molecular weight excluding hydrogens is 609 g/mol. The fourth-order valence-corrected chi connectivity index (χ4v) is 7.47. The van der Waals surface area contributed by atoms with E-state index in [-0.39, 0.29) is 5.91 Å². The van der Waals surface area contributed by atoms with Gasteiger partial charge in [0.05, 0.1) is 39.2 Å². The van der Waals surface area contributed by atoms with E-state index in [1.807, 2.05) is 16.3 Å². The number of thioether (sulfide) groups is 1. The zero-order chi connectivity index (χ0) is 34.7. The van der Waals surface area contributed by atoms with Crippen LogP contribution in [0, 0.1) is 0 Å². The van der Waals surface area contributed by atoms with Crippen molar-refractivity contribution < 1.29 is 13.9 Å². The molecule has 48 heavy (non-hydrogen) atoms. The van der Waals surface area contributed by atoms with Gasteiger partial charge < -0.3 is 14.3 Å². The molecule has 0 atom stereocenters. The van der Waals surface area contributed by atoms with E-state index in [1.165, 1.54) is 33.6 Å². The Morgan fingerprint density at radius 3 is 1.71 bits per heavy atom. The highest BCUT2D eigenvalue weighted by atomic mass is 32.2. The molecule has 0 heterocycles. The Morgan fingerprint density at radius 1 is 0.708 bits per heavy atom. The molecule has 0 saturated heterocycles. The molecule has 5 nitrogen and oxygen atoms in total. The van der Waals surface area contributed by atoms with Crippen LogP contribution >= 0.6 is 11.8 Å². The first kappa shape index (κ1) is 37.2. The first-order valence-corrected chi connectivity index (χ1v) is 19.3. The zero-order valence-corrected chi connectivity index (χ0v) is 31.6. The average Bonchev–Trinajstić information content (AvgIpc) is 3.10. The van der Waals surface area contributed by atoms with Gasteiger partial charge in [-0.15, -0.1) is 0 Å². The predicted molar refractivity (Wildman–Crippen MR) is 211 cm³/mol. The lowest BCUT2D eigenvalue weighted by molar-refractivity contribution is -0.888. The van der Waals surface area contributed by atoms with E-state index in [0.29, 0.717) is 13.0 Å². The topological polar surface area (TPSA) is 26.6 Å². The van der Waals surface area contributed by atoms with Gasteiger partial charge in [-0.1, -0.05) is 42.5 Å². The van der Waals surface area contributed by atoms with E-state index < -0.39 is 0 Å². The summed E-state index contributed by atoms with van der Waals surface area (Å²) in [6, 6.07) is 26.7. The summed E-state index contributed by atoms with van der Waals surface area (Å²) in [5.74, 6) is 1.34. The fraction of sp³-hybridized carbons (Fsp3) is 0.429. The van der Waals surface area contributed by atoms with Gasteiger partial charge in [0, 0.05) is 55.8 Å². The summed E-state index contributed by atoms with van der Waals surface area (Å²) in [5.41, 5.74) is 10.5. The van der Waals surface area contributed by atoms with Crippen molar-refractivity contribution in [2.45, 2.75) is 47.5 Å². The quantitative estimate of drug-likeness (QED) is 0.113. The lowest BCUT2D eigenvalue weighted by atomic mass is 9.83. The Balaban J connectivity index is 1.81. The second kappa shape index (κ2) is 17.7. The van der Waals surface area contributed by atoms with Gasteiger partial charge in [-0.3, -0.25) is 0 Å². The molecule has 4 rings (SSSR count). The maximum Gasteiger partial charge on any atom is 0.387 e. The number of hydrogen-bond donors (Lipinski definition) is 0. The SMILES string of the molecule is CCN(CC)c1ccc(C(=C2C=CC(=[N+](CC)C(=O)CCC[N+](C)(C)CCSC)c3ccccc32)c2ccc(N(CC)CC)cc2)cc1. The number of benzene rings is 3. The van der Waals surface area contributed by atoms with Crippen molar-refractivity contribution in [3.63, 3.8) is 0 Å². The van der Waals surface area contributed by atoms with Gasteiger partial charge in [0.1, 0.15) is 6.54 Å². The van der Waals surface area contributed by atoms with Crippen molar-refractivity contribution in [1.82, 2.24) is 0 Å². The van der Waals surface area contributed by atoms with Gasteiger partial charge in [0.25, 0.3) is 0 Å². The van der Waals surface area contributed by atoms with E-state index in [9.17, 15) is 4.79 Å². The van der Waals surface area contributed by atoms with Gasteiger partial charge in [-0.2, -0.15) is 16.3 Å². The van der Waals surface area contributed by atoms with Crippen molar-refractivity contribution >= 4 is 45.9 Å². The number of quaternary nitrogens is 1. The van der Waals surface area contributed by atoms with Crippen LogP contribution in [0.4, 0.5) is 11.4 Å². The molecule has 1 amide bonds. The first-order valence-electron chi connectivity index (χ1n) is 17.9. The smallest absolute Gasteiger partial charge is 0.372 e. The molecule has 0 radical (unpaired) electrons. The lowest BCUT2D eigenvalue weighted by Crippen LogP contribution is -2.42. The Bertz CT molecular complexity index is 1540. The molecule has 6 heteroatoms. The normalized spacial score (nSPS) is 13.7. The number of allylic oxidation sites excluding steroid dienone is 3. The Kier molecular flexibility index (Phi) is 13.7. The predicted octanol–water partition coefficient (Wildman–Crippen LogP) is 8.48. The number of rotatable bonds is 16. The van der Waals surface area contributed by atoms with Crippen molar-refractivity contribution in [2.24, 2.45) is 0 Å². The molecular formula is C42H58N4OS+2. The van der Waals surface area contributed by atoms with Crippen LogP contribution in [0.15, 0.2) is 84.9 Å². The van der Waals surface area contributed by atoms with Crippen molar-refractivity contribution in [2.75, 3.05) is 81.7 Å². The molecule has 3 aromatic rings. The maximum atomic E-state index is 13.8. The summed E-state index contributed by atoms with van der Waals surface area (Å²) >= 11 is 1.89. The summed E-state index contributed by atoms with van der Waals surface area (Å²) in [6.45, 7) is 17.6. The fourth-order valence-electron chi connectivity index (χ4n) is 6.79. The number of carbonyl (C=O) groups excluding carboxylic acids is 1. The number of anilines is 2. The van der Waals surface area contributed by atoms with Crippen molar-refractivity contribution in [3.8, 4) is 0 Å². The number of hydrogen-bond acceptors (Lipinski definition) is 4. The lowest BCUT2D eigenvalue weighted by Gasteiger charge is -2.29. The number of fused-ring (bicyclic) bond motifs is 1. The average molecular weight is 667 g/mol. The minimum absolute atomic E-state index is 0.198. The highest BCUT2D eigenvalue weighted by Gasteiger charge is 2.29. The number of nitrogens with zero attached hydrogens (tertiary/aromatic N) is 4. The second-order valence-corrected chi connectivity index (χ2v) is 14.1. The van der Waals surface area contributed by atoms with E-state index in [0.717, 1.165) is 72.8 Å². The molecule has 0 unspecified atom stereocenters. The Morgan fingerprint density at radius 2 is 1.23 bits per heavy atom. The number of amides is 1. The van der Waals surface area contributed by atoms with Crippen LogP contribution in [0.2, 0.25) is 0 Å². The van der Waals surface area contributed by atoms with Crippen LogP contribution < -0.4 is 9.80 Å². The van der Waals surface area contributed by atoms with Crippen LogP contribution in [-0.4, -0.2) is 92.6 Å². The summed E-state index contributed by atoms with van der Waals surface area (Å²) in [7, 11) is 4.54. The van der Waals surface area contributed by atoms with E-state index in [2.05, 4.69) is 150 Å². The molecule has 0 aliphatic heterocycles. The van der Waals surface area contributed by atoms with E-state index in [4.69, 9.17) is 0 Å². The van der Waals surface area contributed by atoms with Crippen LogP contribution in [-0.2, 0) is 4.79 Å². The monoisotopic (exact) mass is 666 g/mol. The molecule has 256 valence electrons. The zero-order valence-electron chi connectivity index (χ0n) is 30.8. The van der Waals surface area contributed by atoms with Crippen LogP contribution in [0.1, 0.15) is 69.7 Å². The van der Waals surface area contributed by atoms with E-state index >= 15 is 0 Å². The molecule has 0 aromatic heterocycles. The molecule has 1 aliphatic carbocycles.